The van der Waals surface area contributed by atoms with Crippen LogP contribution in [0.4, 0.5) is 0 Å². The number of aromatic hydroxyl groups is 2. The number of nitrogens with two attached hydrogens (primary N) is 1. The van der Waals surface area contributed by atoms with Crippen LogP contribution in [-0.2, 0) is 5.41 Å². The summed E-state index contributed by atoms with van der Waals surface area (Å²) in [6.45, 7) is 8.78. The molecule has 2 atom stereocenters. The fraction of sp³-hybridized carbons (Fsp3) is 0.727. The molecule has 0 aliphatic heterocycles. The predicted molar refractivity (Wildman–Crippen MR) is 107 cm³/mol. The molecule has 0 aliphatic rings. The van der Waals surface area contributed by atoms with Crippen LogP contribution in [0.1, 0.15) is 91.0 Å². The quantitative estimate of drug-likeness (QED) is 0.413. The molecular formula is C22H39NO2. The highest BCUT2D eigenvalue weighted by Crippen LogP contribution is 2.39. The molecule has 0 radical (unpaired) electrons. The van der Waals surface area contributed by atoms with E-state index in [1.807, 2.05) is 6.07 Å². The van der Waals surface area contributed by atoms with Crippen LogP contribution in [0.3, 0.4) is 0 Å². The van der Waals surface area contributed by atoms with Crippen molar-refractivity contribution < 1.29 is 10.2 Å². The van der Waals surface area contributed by atoms with Crippen molar-refractivity contribution in [1.82, 2.24) is 0 Å². The summed E-state index contributed by atoms with van der Waals surface area (Å²) in [6, 6.07) is 5.34. The molecule has 3 nitrogen and oxygen atoms in total. The van der Waals surface area contributed by atoms with Gasteiger partial charge in [0, 0.05) is 17.7 Å². The molecule has 4 N–H and O–H groups in total. The number of hydrogen-bond donors (Lipinski definition) is 3. The maximum atomic E-state index is 10.2. The normalized spacial score (nSPS) is 15.3. The van der Waals surface area contributed by atoms with E-state index >= 15 is 0 Å². The minimum Gasteiger partial charge on any atom is -0.508 e. The first-order chi connectivity index (χ1) is 11.8. The standard InChI is InChI=1S/C22H39NO2/c1-5-22(4,19-14-13-18(24)16-21(19)25)15-11-9-7-6-8-10-12-20(23)17(2)3/h13-14,16-17,20,24-25H,5-12,15,23H2,1-4H3. The molecule has 0 fully saturated rings. The molecule has 0 aliphatic carbocycles. The van der Waals surface area contributed by atoms with Gasteiger partial charge >= 0.3 is 0 Å². The van der Waals surface area contributed by atoms with Crippen molar-refractivity contribution in [3.8, 4) is 11.5 Å². The minimum atomic E-state index is -0.0260. The largest absolute Gasteiger partial charge is 0.508 e. The van der Waals surface area contributed by atoms with Crippen LogP contribution in [-0.4, -0.2) is 16.3 Å². The summed E-state index contributed by atoms with van der Waals surface area (Å²) < 4.78 is 0. The molecule has 144 valence electrons. The Kier molecular flexibility index (Phi) is 9.34. The van der Waals surface area contributed by atoms with Crippen molar-refractivity contribution in [2.45, 2.75) is 96.9 Å². The Bertz CT molecular complexity index is 501. The van der Waals surface area contributed by atoms with Crippen molar-refractivity contribution >= 4 is 0 Å². The van der Waals surface area contributed by atoms with Crippen LogP contribution < -0.4 is 5.73 Å². The first-order valence-electron chi connectivity index (χ1n) is 10.1. The Labute approximate surface area is 154 Å². The van der Waals surface area contributed by atoms with Gasteiger partial charge in [0.2, 0.25) is 0 Å². The third-order valence-electron chi connectivity index (χ3n) is 5.78. The van der Waals surface area contributed by atoms with Gasteiger partial charge in [0.15, 0.2) is 0 Å². The highest BCUT2D eigenvalue weighted by molar-refractivity contribution is 5.43. The molecule has 0 heterocycles. The Morgan fingerprint density at radius 2 is 1.60 bits per heavy atom. The lowest BCUT2D eigenvalue weighted by molar-refractivity contribution is 0.367. The van der Waals surface area contributed by atoms with Gasteiger partial charge in [0.05, 0.1) is 0 Å². The zero-order chi connectivity index (χ0) is 18.9. The van der Waals surface area contributed by atoms with E-state index < -0.39 is 0 Å². The number of unbranched alkanes of at least 4 members (excludes halogenated alkanes) is 5. The van der Waals surface area contributed by atoms with Gasteiger partial charge in [-0.3, -0.25) is 0 Å². The van der Waals surface area contributed by atoms with Crippen LogP contribution in [0.2, 0.25) is 0 Å². The zero-order valence-electron chi connectivity index (χ0n) is 16.7. The van der Waals surface area contributed by atoms with E-state index in [9.17, 15) is 10.2 Å². The maximum absolute atomic E-state index is 10.2. The van der Waals surface area contributed by atoms with Gasteiger partial charge in [-0.25, -0.2) is 0 Å². The summed E-state index contributed by atoms with van der Waals surface area (Å²) in [5.41, 5.74) is 7.01. The molecule has 0 saturated carbocycles. The van der Waals surface area contributed by atoms with Gasteiger partial charge in [-0.15, -0.1) is 0 Å². The van der Waals surface area contributed by atoms with Crippen molar-refractivity contribution in [3.05, 3.63) is 23.8 Å². The highest BCUT2D eigenvalue weighted by atomic mass is 16.3. The smallest absolute Gasteiger partial charge is 0.123 e. The van der Waals surface area contributed by atoms with Crippen molar-refractivity contribution in [2.24, 2.45) is 11.7 Å². The number of benzene rings is 1. The summed E-state index contributed by atoms with van der Waals surface area (Å²) in [5.74, 6) is 0.922. The number of phenolic OH excluding ortho intramolecular Hbond substituents is 2. The van der Waals surface area contributed by atoms with E-state index in [1.165, 1.54) is 44.6 Å². The Hall–Kier alpha value is -1.22. The van der Waals surface area contributed by atoms with Gasteiger partial charge in [-0.05, 0) is 36.7 Å². The summed E-state index contributed by atoms with van der Waals surface area (Å²) in [6.07, 6.45) is 10.7. The minimum absolute atomic E-state index is 0.0260. The fourth-order valence-corrected chi connectivity index (χ4v) is 3.47. The van der Waals surface area contributed by atoms with Gasteiger partial charge in [-0.1, -0.05) is 72.3 Å². The van der Waals surface area contributed by atoms with Crippen LogP contribution in [0.5, 0.6) is 11.5 Å². The lowest BCUT2D eigenvalue weighted by Crippen LogP contribution is -2.25. The van der Waals surface area contributed by atoms with Gasteiger partial charge < -0.3 is 15.9 Å². The average Bonchev–Trinajstić information content (AvgIpc) is 2.56. The second-order valence-corrected chi connectivity index (χ2v) is 8.18. The molecule has 0 bridgehead atoms. The SMILES string of the molecule is CCC(C)(CCCCCCCCC(N)C(C)C)c1ccc(O)cc1O. The second-order valence-electron chi connectivity index (χ2n) is 8.18. The molecule has 0 aromatic heterocycles. The molecule has 0 amide bonds. The van der Waals surface area contributed by atoms with Gasteiger partial charge in [0.1, 0.15) is 11.5 Å². The molecule has 0 spiro atoms. The fourth-order valence-electron chi connectivity index (χ4n) is 3.47. The Morgan fingerprint density at radius 3 is 2.16 bits per heavy atom. The van der Waals surface area contributed by atoms with Crippen molar-refractivity contribution in [2.75, 3.05) is 0 Å². The van der Waals surface area contributed by atoms with E-state index in [1.54, 1.807) is 6.07 Å². The number of phenols is 2. The molecule has 2 unspecified atom stereocenters. The maximum Gasteiger partial charge on any atom is 0.123 e. The van der Waals surface area contributed by atoms with Crippen LogP contribution in [0.25, 0.3) is 0 Å². The molecule has 25 heavy (non-hydrogen) atoms. The second kappa shape index (κ2) is 10.7. The summed E-state index contributed by atoms with van der Waals surface area (Å²) in [5, 5.41) is 19.7. The molecular weight excluding hydrogens is 310 g/mol. The average molecular weight is 350 g/mol. The Balaban J connectivity index is 2.29. The van der Waals surface area contributed by atoms with E-state index in [4.69, 9.17) is 5.73 Å². The molecule has 1 aromatic rings. The third-order valence-corrected chi connectivity index (χ3v) is 5.78. The topological polar surface area (TPSA) is 66.5 Å². The third kappa shape index (κ3) is 7.27. The zero-order valence-corrected chi connectivity index (χ0v) is 16.7. The van der Waals surface area contributed by atoms with E-state index in [0.29, 0.717) is 12.0 Å². The van der Waals surface area contributed by atoms with E-state index in [2.05, 4.69) is 27.7 Å². The highest BCUT2D eigenvalue weighted by Gasteiger charge is 2.27. The van der Waals surface area contributed by atoms with E-state index in [0.717, 1.165) is 24.8 Å². The van der Waals surface area contributed by atoms with Crippen LogP contribution in [0.15, 0.2) is 18.2 Å². The molecule has 0 saturated heterocycles. The van der Waals surface area contributed by atoms with Gasteiger partial charge in [0.25, 0.3) is 0 Å². The number of hydrogen-bond acceptors (Lipinski definition) is 3. The lowest BCUT2D eigenvalue weighted by Gasteiger charge is -2.29. The van der Waals surface area contributed by atoms with Gasteiger partial charge in [-0.2, -0.15) is 0 Å². The molecule has 1 rings (SSSR count). The van der Waals surface area contributed by atoms with Crippen LogP contribution >= 0.6 is 0 Å². The van der Waals surface area contributed by atoms with Crippen LogP contribution in [0, 0.1) is 5.92 Å². The molecule has 1 aromatic carbocycles. The summed E-state index contributed by atoms with van der Waals surface area (Å²) in [4.78, 5) is 0. The van der Waals surface area contributed by atoms with Crippen molar-refractivity contribution in [1.29, 1.82) is 0 Å². The summed E-state index contributed by atoms with van der Waals surface area (Å²) >= 11 is 0. The van der Waals surface area contributed by atoms with Crippen molar-refractivity contribution in [3.63, 3.8) is 0 Å². The first-order valence-corrected chi connectivity index (χ1v) is 10.1. The first kappa shape index (κ1) is 21.8. The van der Waals surface area contributed by atoms with E-state index in [-0.39, 0.29) is 16.9 Å². The lowest BCUT2D eigenvalue weighted by atomic mass is 9.75. The summed E-state index contributed by atoms with van der Waals surface area (Å²) in [7, 11) is 0. The molecule has 3 heteroatoms. The Morgan fingerprint density at radius 1 is 1.00 bits per heavy atom. The predicted octanol–water partition coefficient (Wildman–Crippen LogP) is 5.87. The number of rotatable bonds is 12. The monoisotopic (exact) mass is 349 g/mol.